The molecule has 2 rings (SSSR count). The van der Waals surface area contributed by atoms with E-state index in [1.54, 1.807) is 35.7 Å². The summed E-state index contributed by atoms with van der Waals surface area (Å²) in [6.45, 7) is 2.74. The first kappa shape index (κ1) is 16.7. The zero-order chi connectivity index (χ0) is 15.5. The molecule has 1 aliphatic rings. The lowest BCUT2D eigenvalue weighted by molar-refractivity contribution is 0.164. The number of hydrogen-bond donors (Lipinski definition) is 0. The van der Waals surface area contributed by atoms with E-state index in [9.17, 15) is 8.42 Å². The average Bonchev–Trinajstić information content (AvgIpc) is 3.31. The Morgan fingerprint density at radius 2 is 2.05 bits per heavy atom. The summed E-state index contributed by atoms with van der Waals surface area (Å²) < 4.78 is 32.7. The standard InChI is InChI=1S/C15H22ClNO3S/c1-12(13-7-8-13)17(9-10-20-2)21(18,19)15-6-4-3-5-14(15)11-16/h3-6,12-13H,7-11H2,1-2H3. The maximum absolute atomic E-state index is 13.0. The van der Waals surface area contributed by atoms with Gasteiger partial charge in [-0.25, -0.2) is 8.42 Å². The lowest BCUT2D eigenvalue weighted by Crippen LogP contribution is -2.42. The normalized spacial score (nSPS) is 17.1. The highest BCUT2D eigenvalue weighted by molar-refractivity contribution is 7.89. The van der Waals surface area contributed by atoms with Crippen molar-refractivity contribution in [3.05, 3.63) is 29.8 Å². The minimum Gasteiger partial charge on any atom is -0.383 e. The van der Waals surface area contributed by atoms with Crippen molar-refractivity contribution in [2.75, 3.05) is 20.3 Å². The van der Waals surface area contributed by atoms with Crippen LogP contribution in [0.3, 0.4) is 0 Å². The summed E-state index contributed by atoms with van der Waals surface area (Å²) in [4.78, 5) is 0.309. The summed E-state index contributed by atoms with van der Waals surface area (Å²) in [5, 5.41) is 0. The SMILES string of the molecule is COCCN(C(C)C1CC1)S(=O)(=O)c1ccccc1CCl. The third-order valence-corrected chi connectivity index (χ3v) is 6.35. The average molecular weight is 332 g/mol. The molecule has 0 amide bonds. The van der Waals surface area contributed by atoms with E-state index in [4.69, 9.17) is 16.3 Å². The fraction of sp³-hybridized carbons (Fsp3) is 0.600. The van der Waals surface area contributed by atoms with Gasteiger partial charge in [0.15, 0.2) is 0 Å². The maximum atomic E-state index is 13.0. The van der Waals surface area contributed by atoms with E-state index < -0.39 is 10.0 Å². The molecule has 1 saturated carbocycles. The van der Waals surface area contributed by atoms with Crippen LogP contribution in [0.4, 0.5) is 0 Å². The van der Waals surface area contributed by atoms with Gasteiger partial charge in [0.05, 0.1) is 11.5 Å². The van der Waals surface area contributed by atoms with Crippen LogP contribution in [-0.4, -0.2) is 39.0 Å². The third kappa shape index (κ3) is 3.77. The number of rotatable bonds is 8. The topological polar surface area (TPSA) is 46.6 Å². The summed E-state index contributed by atoms with van der Waals surface area (Å²) in [5.74, 6) is 0.644. The second kappa shape index (κ2) is 7.09. The first-order chi connectivity index (χ1) is 10.0. The fourth-order valence-electron chi connectivity index (χ4n) is 2.53. The zero-order valence-electron chi connectivity index (χ0n) is 12.5. The van der Waals surface area contributed by atoms with E-state index in [1.807, 2.05) is 6.92 Å². The van der Waals surface area contributed by atoms with Crippen LogP contribution in [0.5, 0.6) is 0 Å². The van der Waals surface area contributed by atoms with Crippen molar-refractivity contribution in [2.45, 2.75) is 36.6 Å². The number of nitrogens with zero attached hydrogens (tertiary/aromatic N) is 1. The van der Waals surface area contributed by atoms with Crippen LogP contribution in [0.25, 0.3) is 0 Å². The van der Waals surface area contributed by atoms with Crippen LogP contribution >= 0.6 is 11.6 Å². The van der Waals surface area contributed by atoms with Crippen molar-refractivity contribution in [2.24, 2.45) is 5.92 Å². The molecule has 4 nitrogen and oxygen atoms in total. The number of ether oxygens (including phenoxy) is 1. The monoisotopic (exact) mass is 331 g/mol. The Morgan fingerprint density at radius 1 is 1.38 bits per heavy atom. The molecule has 0 N–H and O–H groups in total. The Morgan fingerprint density at radius 3 is 2.62 bits per heavy atom. The third-order valence-electron chi connectivity index (χ3n) is 3.98. The maximum Gasteiger partial charge on any atom is 0.243 e. The minimum atomic E-state index is -3.55. The van der Waals surface area contributed by atoms with Crippen molar-refractivity contribution >= 4 is 21.6 Å². The number of hydrogen-bond acceptors (Lipinski definition) is 3. The molecule has 1 atom stereocenters. The Balaban J connectivity index is 2.35. The molecule has 1 aromatic rings. The van der Waals surface area contributed by atoms with Gasteiger partial charge in [0, 0.05) is 25.6 Å². The highest BCUT2D eigenvalue weighted by atomic mass is 35.5. The van der Waals surface area contributed by atoms with Crippen LogP contribution < -0.4 is 0 Å². The van der Waals surface area contributed by atoms with E-state index >= 15 is 0 Å². The van der Waals surface area contributed by atoms with Gasteiger partial charge in [-0.05, 0) is 37.3 Å². The number of alkyl halides is 1. The molecular formula is C15H22ClNO3S. The van der Waals surface area contributed by atoms with Crippen molar-refractivity contribution in [3.8, 4) is 0 Å². The molecule has 0 radical (unpaired) electrons. The molecule has 6 heteroatoms. The molecule has 0 aliphatic heterocycles. The van der Waals surface area contributed by atoms with Gasteiger partial charge in [0.1, 0.15) is 0 Å². The Labute approximate surface area is 132 Å². The van der Waals surface area contributed by atoms with Crippen LogP contribution in [-0.2, 0) is 20.6 Å². The first-order valence-electron chi connectivity index (χ1n) is 7.17. The molecule has 118 valence electrons. The molecule has 1 aromatic carbocycles. The lowest BCUT2D eigenvalue weighted by atomic mass is 10.2. The van der Waals surface area contributed by atoms with Gasteiger partial charge < -0.3 is 4.74 Å². The molecule has 0 bridgehead atoms. The second-order valence-electron chi connectivity index (χ2n) is 5.43. The molecule has 0 aromatic heterocycles. The summed E-state index contributed by atoms with van der Waals surface area (Å²) in [6, 6.07) is 6.93. The van der Waals surface area contributed by atoms with Crippen LogP contribution in [0.1, 0.15) is 25.3 Å². The van der Waals surface area contributed by atoms with Crippen molar-refractivity contribution in [3.63, 3.8) is 0 Å². The summed E-state index contributed by atoms with van der Waals surface area (Å²) in [5.41, 5.74) is 0.643. The molecule has 1 aliphatic carbocycles. The van der Waals surface area contributed by atoms with Gasteiger partial charge in [-0.15, -0.1) is 11.6 Å². The largest absolute Gasteiger partial charge is 0.383 e. The quantitative estimate of drug-likeness (QED) is 0.688. The minimum absolute atomic E-state index is 0.00599. The Bertz CT molecular complexity index is 572. The van der Waals surface area contributed by atoms with Crippen molar-refractivity contribution in [1.82, 2.24) is 4.31 Å². The van der Waals surface area contributed by atoms with Crippen LogP contribution in [0.2, 0.25) is 0 Å². The highest BCUT2D eigenvalue weighted by Gasteiger charge is 2.38. The van der Waals surface area contributed by atoms with Crippen LogP contribution in [0.15, 0.2) is 29.2 Å². The molecule has 1 unspecified atom stereocenters. The smallest absolute Gasteiger partial charge is 0.243 e. The molecule has 0 saturated heterocycles. The number of halogens is 1. The molecule has 1 fully saturated rings. The van der Waals surface area contributed by atoms with Crippen molar-refractivity contribution < 1.29 is 13.2 Å². The van der Waals surface area contributed by atoms with Gasteiger partial charge in [0.2, 0.25) is 10.0 Å². The highest BCUT2D eigenvalue weighted by Crippen LogP contribution is 2.37. The molecule has 21 heavy (non-hydrogen) atoms. The molecule has 0 heterocycles. The van der Waals surface area contributed by atoms with Gasteiger partial charge in [-0.3, -0.25) is 0 Å². The number of sulfonamides is 1. The summed E-state index contributed by atoms with van der Waals surface area (Å²) >= 11 is 5.89. The van der Waals surface area contributed by atoms with E-state index in [0.717, 1.165) is 12.8 Å². The van der Waals surface area contributed by atoms with Gasteiger partial charge in [-0.2, -0.15) is 4.31 Å². The first-order valence-corrected chi connectivity index (χ1v) is 9.14. The zero-order valence-corrected chi connectivity index (χ0v) is 14.0. The molecule has 0 spiro atoms. The van der Waals surface area contributed by atoms with Gasteiger partial charge in [-0.1, -0.05) is 18.2 Å². The van der Waals surface area contributed by atoms with E-state index in [2.05, 4.69) is 0 Å². The number of benzene rings is 1. The predicted octanol–water partition coefficient (Wildman–Crippen LogP) is 2.86. The van der Waals surface area contributed by atoms with Crippen molar-refractivity contribution in [1.29, 1.82) is 0 Å². The van der Waals surface area contributed by atoms with E-state index in [0.29, 0.717) is 29.5 Å². The fourth-order valence-corrected chi connectivity index (χ4v) is 4.74. The van der Waals surface area contributed by atoms with E-state index in [1.165, 1.54) is 0 Å². The van der Waals surface area contributed by atoms with Gasteiger partial charge >= 0.3 is 0 Å². The van der Waals surface area contributed by atoms with Crippen LogP contribution in [0, 0.1) is 5.92 Å². The summed E-state index contributed by atoms with van der Waals surface area (Å²) in [6.07, 6.45) is 2.19. The van der Waals surface area contributed by atoms with Gasteiger partial charge in [0.25, 0.3) is 0 Å². The Hall–Kier alpha value is -0.620. The predicted molar refractivity (Wildman–Crippen MR) is 84.0 cm³/mol. The Kier molecular flexibility index (Phi) is 5.66. The second-order valence-corrected chi connectivity index (χ2v) is 7.55. The lowest BCUT2D eigenvalue weighted by Gasteiger charge is -2.29. The number of methoxy groups -OCH3 is 1. The summed E-state index contributed by atoms with van der Waals surface area (Å²) in [7, 11) is -1.97. The van der Waals surface area contributed by atoms with E-state index in [-0.39, 0.29) is 11.9 Å². The molecular weight excluding hydrogens is 310 g/mol.